The molecule has 1 aromatic heterocycles. The molecule has 0 bridgehead atoms. The summed E-state index contributed by atoms with van der Waals surface area (Å²) in [6.07, 6.45) is 0. The minimum atomic E-state index is -4.04. The molecule has 23 heavy (non-hydrogen) atoms. The topological polar surface area (TPSA) is 73.6 Å². The van der Waals surface area contributed by atoms with Crippen LogP contribution < -0.4 is 10.4 Å². The fraction of sp³-hybridized carbons (Fsp3) is 0.0625. The van der Waals surface area contributed by atoms with Gasteiger partial charge >= 0.3 is 5.63 Å². The van der Waals surface area contributed by atoms with Crippen LogP contribution in [-0.2, 0) is 9.84 Å². The van der Waals surface area contributed by atoms with Crippen LogP contribution in [0.2, 0.25) is 5.02 Å². The van der Waals surface area contributed by atoms with Gasteiger partial charge in [0.2, 0.25) is 9.84 Å². The summed E-state index contributed by atoms with van der Waals surface area (Å²) < 4.78 is 35.5. The van der Waals surface area contributed by atoms with E-state index in [0.29, 0.717) is 16.2 Å². The van der Waals surface area contributed by atoms with Gasteiger partial charge in [-0.3, -0.25) is 0 Å². The maximum atomic E-state index is 12.7. The fourth-order valence-electron chi connectivity index (χ4n) is 2.16. The van der Waals surface area contributed by atoms with Crippen molar-refractivity contribution in [1.29, 1.82) is 0 Å². The van der Waals surface area contributed by atoms with Crippen molar-refractivity contribution in [2.24, 2.45) is 0 Å². The lowest BCUT2D eigenvalue weighted by molar-refractivity contribution is 0.413. The summed E-state index contributed by atoms with van der Waals surface area (Å²) >= 11 is 5.90. The molecule has 0 saturated heterocycles. The van der Waals surface area contributed by atoms with Crippen molar-refractivity contribution >= 4 is 32.4 Å². The van der Waals surface area contributed by atoms with Gasteiger partial charge in [-0.2, -0.15) is 0 Å². The Morgan fingerprint density at radius 1 is 1.09 bits per heavy atom. The normalized spacial score (nSPS) is 11.6. The molecule has 0 radical (unpaired) electrons. The van der Waals surface area contributed by atoms with Gasteiger partial charge in [0.25, 0.3) is 0 Å². The van der Waals surface area contributed by atoms with Crippen LogP contribution in [0.15, 0.2) is 67.5 Å². The zero-order valence-corrected chi connectivity index (χ0v) is 13.5. The third-order valence-corrected chi connectivity index (χ3v) is 5.28. The Labute approximate surface area is 137 Å². The number of fused-ring (bicyclic) bond motifs is 1. The first kappa shape index (κ1) is 15.6. The molecule has 0 aliphatic carbocycles. The fourth-order valence-corrected chi connectivity index (χ4v) is 3.66. The first-order chi connectivity index (χ1) is 10.9. The molecule has 0 saturated carbocycles. The van der Waals surface area contributed by atoms with Gasteiger partial charge in [0, 0.05) is 10.4 Å². The summed E-state index contributed by atoms with van der Waals surface area (Å²) in [4.78, 5) is 11.6. The summed E-state index contributed by atoms with van der Waals surface area (Å²) in [5.41, 5.74) is -0.661. The Bertz CT molecular complexity index is 1050. The standard InChI is InChI=1S/C16H11ClO5S/c1-21-12-3-2-4-13(9-12)23(19,20)15-8-10-7-11(17)5-6-14(10)22-16(15)18/h2-9H,1H3. The predicted molar refractivity (Wildman–Crippen MR) is 85.9 cm³/mol. The number of sulfone groups is 1. The van der Waals surface area contributed by atoms with E-state index in [-0.39, 0.29) is 10.5 Å². The number of ether oxygens (including phenoxy) is 1. The van der Waals surface area contributed by atoms with Crippen LogP contribution >= 0.6 is 11.6 Å². The first-order valence-corrected chi connectivity index (χ1v) is 8.40. The van der Waals surface area contributed by atoms with Gasteiger partial charge in [-0.05, 0) is 42.5 Å². The molecule has 0 N–H and O–H groups in total. The second-order valence-electron chi connectivity index (χ2n) is 4.76. The van der Waals surface area contributed by atoms with E-state index < -0.39 is 20.4 Å². The lowest BCUT2D eigenvalue weighted by Crippen LogP contribution is -2.14. The van der Waals surface area contributed by atoms with E-state index in [4.69, 9.17) is 20.8 Å². The van der Waals surface area contributed by atoms with Crippen LogP contribution in [0, 0.1) is 0 Å². The lowest BCUT2D eigenvalue weighted by Gasteiger charge is -2.06. The Morgan fingerprint density at radius 3 is 2.61 bits per heavy atom. The highest BCUT2D eigenvalue weighted by Crippen LogP contribution is 2.25. The molecule has 3 rings (SSSR count). The predicted octanol–water partition coefficient (Wildman–Crippen LogP) is 3.29. The third-order valence-electron chi connectivity index (χ3n) is 3.30. The number of rotatable bonds is 3. The highest BCUT2D eigenvalue weighted by molar-refractivity contribution is 7.91. The van der Waals surface area contributed by atoms with E-state index in [1.807, 2.05) is 0 Å². The minimum absolute atomic E-state index is 0.0504. The summed E-state index contributed by atoms with van der Waals surface area (Å²) in [6.45, 7) is 0. The zero-order chi connectivity index (χ0) is 16.6. The maximum Gasteiger partial charge on any atom is 0.355 e. The molecule has 0 aliphatic heterocycles. The van der Waals surface area contributed by atoms with Crippen LogP contribution in [0.5, 0.6) is 5.75 Å². The molecule has 5 nitrogen and oxygen atoms in total. The SMILES string of the molecule is COc1cccc(S(=O)(=O)c2cc3cc(Cl)ccc3oc2=O)c1. The molecular formula is C16H11ClO5S. The van der Waals surface area contributed by atoms with E-state index in [9.17, 15) is 13.2 Å². The van der Waals surface area contributed by atoms with Crippen molar-refractivity contribution in [2.75, 3.05) is 7.11 Å². The molecule has 2 aromatic carbocycles. The third kappa shape index (κ3) is 2.83. The molecule has 0 spiro atoms. The van der Waals surface area contributed by atoms with Gasteiger partial charge in [0.1, 0.15) is 11.3 Å². The van der Waals surface area contributed by atoms with Crippen molar-refractivity contribution in [2.45, 2.75) is 9.79 Å². The highest BCUT2D eigenvalue weighted by Gasteiger charge is 2.23. The molecule has 7 heteroatoms. The van der Waals surface area contributed by atoms with Crippen LogP contribution in [0.1, 0.15) is 0 Å². The molecule has 0 unspecified atom stereocenters. The average Bonchev–Trinajstić information content (AvgIpc) is 2.54. The van der Waals surface area contributed by atoms with Gasteiger partial charge in [-0.1, -0.05) is 17.7 Å². The summed E-state index contributed by atoms with van der Waals surface area (Å²) in [5.74, 6) is 0.374. The van der Waals surface area contributed by atoms with Crippen molar-refractivity contribution < 1.29 is 17.6 Å². The average molecular weight is 351 g/mol. The first-order valence-electron chi connectivity index (χ1n) is 6.54. The monoisotopic (exact) mass is 350 g/mol. The van der Waals surface area contributed by atoms with Crippen molar-refractivity contribution in [3.8, 4) is 5.75 Å². The molecule has 0 fully saturated rings. The highest BCUT2D eigenvalue weighted by atomic mass is 35.5. The minimum Gasteiger partial charge on any atom is -0.497 e. The molecule has 0 atom stereocenters. The van der Waals surface area contributed by atoms with E-state index in [0.717, 1.165) is 0 Å². The summed E-state index contributed by atoms with van der Waals surface area (Å²) in [6, 6.07) is 11.7. The molecule has 0 amide bonds. The Morgan fingerprint density at radius 2 is 1.87 bits per heavy atom. The van der Waals surface area contributed by atoms with Gasteiger partial charge in [-0.15, -0.1) is 0 Å². The number of halogens is 1. The Hall–Kier alpha value is -2.31. The van der Waals surface area contributed by atoms with E-state index in [1.54, 1.807) is 12.1 Å². The van der Waals surface area contributed by atoms with Gasteiger partial charge in [0.05, 0.1) is 12.0 Å². The smallest absolute Gasteiger partial charge is 0.355 e. The molecular weight excluding hydrogens is 340 g/mol. The molecule has 0 aliphatic rings. The van der Waals surface area contributed by atoms with Crippen LogP contribution in [0.3, 0.4) is 0 Å². The van der Waals surface area contributed by atoms with E-state index in [2.05, 4.69) is 0 Å². The van der Waals surface area contributed by atoms with Crippen LogP contribution in [0.4, 0.5) is 0 Å². The maximum absolute atomic E-state index is 12.7. The Kier molecular flexibility index (Phi) is 3.87. The second-order valence-corrected chi connectivity index (χ2v) is 7.12. The van der Waals surface area contributed by atoms with E-state index >= 15 is 0 Å². The largest absolute Gasteiger partial charge is 0.497 e. The lowest BCUT2D eigenvalue weighted by atomic mass is 10.2. The van der Waals surface area contributed by atoms with Crippen molar-refractivity contribution in [3.05, 3.63) is 64.0 Å². The van der Waals surface area contributed by atoms with Gasteiger partial charge in [0.15, 0.2) is 4.90 Å². The number of methoxy groups -OCH3 is 1. The van der Waals surface area contributed by atoms with Gasteiger partial charge < -0.3 is 9.15 Å². The molecule has 3 aromatic rings. The summed E-state index contributed by atoms with van der Waals surface area (Å²) in [5, 5.41) is 0.842. The second kappa shape index (κ2) is 5.72. The van der Waals surface area contributed by atoms with Crippen molar-refractivity contribution in [3.63, 3.8) is 0 Å². The molecule has 118 valence electrons. The van der Waals surface area contributed by atoms with Crippen LogP contribution in [-0.4, -0.2) is 15.5 Å². The summed E-state index contributed by atoms with van der Waals surface area (Å²) in [7, 11) is -2.61. The molecule has 1 heterocycles. The van der Waals surface area contributed by atoms with Crippen molar-refractivity contribution in [1.82, 2.24) is 0 Å². The van der Waals surface area contributed by atoms with Crippen LogP contribution in [0.25, 0.3) is 11.0 Å². The van der Waals surface area contributed by atoms with Gasteiger partial charge in [-0.25, -0.2) is 13.2 Å². The quantitative estimate of drug-likeness (QED) is 0.678. The Balaban J connectivity index is 2.25. The number of hydrogen-bond acceptors (Lipinski definition) is 5. The zero-order valence-electron chi connectivity index (χ0n) is 11.9. The number of hydrogen-bond donors (Lipinski definition) is 0. The number of benzene rings is 2. The van der Waals surface area contributed by atoms with E-state index in [1.165, 1.54) is 43.5 Å².